The van der Waals surface area contributed by atoms with Crippen LogP contribution in [0.25, 0.3) is 78.0 Å². The average molecular weight is 563 g/mol. The highest BCUT2D eigenvalue weighted by atomic mass is 14.9. The lowest BCUT2D eigenvalue weighted by molar-refractivity contribution is 1.23. The standard InChI is InChI=1S/C41H27N3/c1-5-13-28(14-6-1)33-25-34(29-15-7-2-8-16-29)27-35(26-33)37-24-22-31-21-23-36-38(30-17-9-3-10-18-30)43-41(32-19-11-4-12-20-32)44-40(36)39(31)42-37/h1-27H/i22D. The number of nitrogens with zero attached hydrogens (tertiary/aromatic N) is 3. The van der Waals surface area contributed by atoms with Crippen molar-refractivity contribution in [3.8, 4) is 56.2 Å². The zero-order valence-corrected chi connectivity index (χ0v) is 23.9. The van der Waals surface area contributed by atoms with E-state index < -0.39 is 0 Å². The first kappa shape index (κ1) is 24.6. The van der Waals surface area contributed by atoms with E-state index in [4.69, 9.17) is 16.3 Å². The van der Waals surface area contributed by atoms with Crippen molar-refractivity contribution in [3.05, 3.63) is 164 Å². The molecule has 0 N–H and O–H groups in total. The third-order valence-electron chi connectivity index (χ3n) is 7.96. The number of aromatic nitrogens is 3. The molecule has 0 aliphatic heterocycles. The van der Waals surface area contributed by atoms with Crippen LogP contribution in [0.15, 0.2) is 164 Å². The zero-order chi connectivity index (χ0) is 30.2. The molecule has 8 rings (SSSR count). The number of benzene rings is 6. The van der Waals surface area contributed by atoms with Gasteiger partial charge in [-0.25, -0.2) is 15.0 Å². The molecule has 0 aliphatic rings. The highest BCUT2D eigenvalue weighted by Crippen LogP contribution is 2.36. The third-order valence-corrected chi connectivity index (χ3v) is 7.96. The van der Waals surface area contributed by atoms with Gasteiger partial charge in [0.05, 0.1) is 18.3 Å². The number of pyridine rings is 1. The van der Waals surface area contributed by atoms with Crippen LogP contribution in [0.1, 0.15) is 1.37 Å². The summed E-state index contributed by atoms with van der Waals surface area (Å²) in [5, 5.41) is 1.66. The topological polar surface area (TPSA) is 38.7 Å². The molecule has 0 bridgehead atoms. The maximum atomic E-state index is 9.12. The molecule has 0 saturated carbocycles. The minimum Gasteiger partial charge on any atom is -0.245 e. The summed E-state index contributed by atoms with van der Waals surface area (Å²) in [4.78, 5) is 15.4. The van der Waals surface area contributed by atoms with E-state index in [9.17, 15) is 0 Å². The molecule has 206 valence electrons. The minimum atomic E-state index is 0.407. The quantitative estimate of drug-likeness (QED) is 0.196. The second-order valence-electron chi connectivity index (χ2n) is 10.8. The first-order valence-corrected chi connectivity index (χ1v) is 14.7. The van der Waals surface area contributed by atoms with Crippen LogP contribution in [-0.4, -0.2) is 15.0 Å². The van der Waals surface area contributed by atoms with Crippen LogP contribution >= 0.6 is 0 Å². The van der Waals surface area contributed by atoms with Crippen LogP contribution in [0.3, 0.4) is 0 Å². The molecule has 0 aliphatic carbocycles. The van der Waals surface area contributed by atoms with E-state index in [0.29, 0.717) is 17.4 Å². The molecule has 0 radical (unpaired) electrons. The van der Waals surface area contributed by atoms with Gasteiger partial charge in [-0.1, -0.05) is 133 Å². The van der Waals surface area contributed by atoms with Gasteiger partial charge in [-0.05, 0) is 52.6 Å². The lowest BCUT2D eigenvalue weighted by Gasteiger charge is -2.13. The molecule has 2 aromatic heterocycles. The number of hydrogen-bond acceptors (Lipinski definition) is 3. The van der Waals surface area contributed by atoms with Gasteiger partial charge in [0.15, 0.2) is 5.82 Å². The largest absolute Gasteiger partial charge is 0.245 e. The second-order valence-corrected chi connectivity index (χ2v) is 10.8. The summed E-state index contributed by atoms with van der Waals surface area (Å²) in [5.41, 5.74) is 10.3. The Kier molecular flexibility index (Phi) is 6.19. The molecule has 8 aromatic rings. The Hall–Kier alpha value is -5.93. The highest BCUT2D eigenvalue weighted by Gasteiger charge is 2.16. The molecule has 3 heteroatoms. The summed E-state index contributed by atoms with van der Waals surface area (Å²) in [5.74, 6) is 0.630. The minimum absolute atomic E-state index is 0.407. The molecule has 0 unspecified atom stereocenters. The summed E-state index contributed by atoms with van der Waals surface area (Å²) in [7, 11) is 0. The van der Waals surface area contributed by atoms with E-state index in [1.54, 1.807) is 0 Å². The summed E-state index contributed by atoms with van der Waals surface area (Å²) >= 11 is 0. The molecule has 44 heavy (non-hydrogen) atoms. The van der Waals surface area contributed by atoms with Crippen molar-refractivity contribution in [1.82, 2.24) is 15.0 Å². The van der Waals surface area contributed by atoms with E-state index in [2.05, 4.69) is 78.9 Å². The van der Waals surface area contributed by atoms with E-state index in [-0.39, 0.29) is 0 Å². The first-order chi connectivity index (χ1) is 22.2. The third kappa shape index (κ3) is 4.81. The number of rotatable bonds is 5. The molecule has 0 saturated heterocycles. The van der Waals surface area contributed by atoms with Crippen LogP contribution in [-0.2, 0) is 0 Å². The Morgan fingerprint density at radius 2 is 0.909 bits per heavy atom. The predicted molar refractivity (Wildman–Crippen MR) is 182 cm³/mol. The number of hydrogen-bond donors (Lipinski definition) is 0. The van der Waals surface area contributed by atoms with Crippen molar-refractivity contribution in [2.45, 2.75) is 0 Å². The smallest absolute Gasteiger partial charge is 0.160 e. The summed E-state index contributed by atoms with van der Waals surface area (Å²) in [6.07, 6.45) is 0. The Labute approximate surface area is 257 Å². The Balaban J connectivity index is 1.40. The van der Waals surface area contributed by atoms with Crippen molar-refractivity contribution >= 4 is 21.8 Å². The lowest BCUT2D eigenvalue weighted by Crippen LogP contribution is -1.97. The molecule has 3 nitrogen and oxygen atoms in total. The van der Waals surface area contributed by atoms with E-state index >= 15 is 0 Å². The fourth-order valence-corrected chi connectivity index (χ4v) is 5.76. The van der Waals surface area contributed by atoms with E-state index in [1.807, 2.05) is 78.9 Å². The van der Waals surface area contributed by atoms with Gasteiger partial charge in [-0.15, -0.1) is 0 Å². The molecular weight excluding hydrogens is 534 g/mol. The molecule has 0 spiro atoms. The molecule has 2 heterocycles. The monoisotopic (exact) mass is 562 g/mol. The maximum absolute atomic E-state index is 9.12. The van der Waals surface area contributed by atoms with Crippen molar-refractivity contribution in [2.75, 3.05) is 0 Å². The molecular formula is C41H27N3. The fraction of sp³-hybridized carbons (Fsp3) is 0. The van der Waals surface area contributed by atoms with Crippen LogP contribution < -0.4 is 0 Å². The van der Waals surface area contributed by atoms with Crippen molar-refractivity contribution < 1.29 is 1.37 Å². The first-order valence-electron chi connectivity index (χ1n) is 15.2. The lowest BCUT2D eigenvalue weighted by atomic mass is 9.94. The van der Waals surface area contributed by atoms with Crippen molar-refractivity contribution in [3.63, 3.8) is 0 Å². The van der Waals surface area contributed by atoms with Gasteiger partial charge in [-0.2, -0.15) is 0 Å². The van der Waals surface area contributed by atoms with Crippen molar-refractivity contribution in [2.24, 2.45) is 0 Å². The second kappa shape index (κ2) is 11.0. The van der Waals surface area contributed by atoms with Gasteiger partial charge < -0.3 is 0 Å². The van der Waals surface area contributed by atoms with Crippen LogP contribution in [0.2, 0.25) is 0 Å². The highest BCUT2D eigenvalue weighted by molar-refractivity contribution is 6.08. The van der Waals surface area contributed by atoms with Gasteiger partial charge in [0.1, 0.15) is 5.52 Å². The summed E-state index contributed by atoms with van der Waals surface area (Å²) in [6, 6.07) is 53.8. The van der Waals surface area contributed by atoms with E-state index in [0.717, 1.165) is 66.6 Å². The van der Waals surface area contributed by atoms with Crippen molar-refractivity contribution in [1.29, 1.82) is 0 Å². The van der Waals surface area contributed by atoms with Crippen LogP contribution in [0, 0.1) is 0 Å². The number of fused-ring (bicyclic) bond motifs is 3. The maximum Gasteiger partial charge on any atom is 0.160 e. The van der Waals surface area contributed by atoms with Crippen LogP contribution in [0.5, 0.6) is 0 Å². The normalized spacial score (nSPS) is 11.5. The Morgan fingerprint density at radius 1 is 0.386 bits per heavy atom. The predicted octanol–water partition coefficient (Wildman–Crippen LogP) is 10.5. The Morgan fingerprint density at radius 3 is 1.50 bits per heavy atom. The van der Waals surface area contributed by atoms with Gasteiger partial charge in [0.2, 0.25) is 0 Å². The van der Waals surface area contributed by atoms with Gasteiger partial charge in [-0.3, -0.25) is 0 Å². The molecule has 0 amide bonds. The van der Waals surface area contributed by atoms with Crippen LogP contribution in [0.4, 0.5) is 0 Å². The molecule has 0 atom stereocenters. The summed E-state index contributed by atoms with van der Waals surface area (Å²) in [6.45, 7) is 0. The molecule has 0 fully saturated rings. The zero-order valence-electron chi connectivity index (χ0n) is 24.9. The SMILES string of the molecule is [2H]c1cc(-c2cc(-c3ccccc3)cc(-c3ccccc3)c2)nc2c1ccc1c(-c3ccccc3)nc(-c3ccccc3)nc12. The Bertz CT molecular complexity index is 2250. The van der Waals surface area contributed by atoms with Gasteiger partial charge in [0, 0.05) is 27.5 Å². The van der Waals surface area contributed by atoms with E-state index in [1.165, 1.54) is 0 Å². The average Bonchev–Trinajstić information content (AvgIpc) is 3.12. The summed E-state index contributed by atoms with van der Waals surface area (Å²) < 4.78 is 9.12. The fourth-order valence-electron chi connectivity index (χ4n) is 5.76. The van der Waals surface area contributed by atoms with Gasteiger partial charge in [0.25, 0.3) is 0 Å². The molecule has 6 aromatic carbocycles. The van der Waals surface area contributed by atoms with Gasteiger partial charge >= 0.3 is 0 Å².